The van der Waals surface area contributed by atoms with Crippen molar-refractivity contribution < 1.29 is 0 Å². The van der Waals surface area contributed by atoms with Crippen molar-refractivity contribution in [3.8, 4) is 0 Å². The van der Waals surface area contributed by atoms with Gasteiger partial charge < -0.3 is 10.2 Å². The summed E-state index contributed by atoms with van der Waals surface area (Å²) in [6.07, 6.45) is 2.85. The number of anilines is 4. The Kier molecular flexibility index (Phi) is 4.34. The topological polar surface area (TPSA) is 41.1 Å². The second-order valence-electron chi connectivity index (χ2n) is 8.21. The maximum atomic E-state index is 4.83. The van der Waals surface area contributed by atoms with Crippen molar-refractivity contribution in [2.75, 3.05) is 10.2 Å². The molecule has 0 saturated carbocycles. The average molecular weight is 358 g/mol. The highest BCUT2D eigenvalue weighted by Gasteiger charge is 2.28. The van der Waals surface area contributed by atoms with Gasteiger partial charge in [0, 0.05) is 23.6 Å². The molecule has 0 saturated heterocycles. The maximum absolute atomic E-state index is 4.83. The standard InChI is InChI=1S/C23H26N4/c1-16-15-17-9-5-8-12-20(17)27(16)22-24-14-13-21(26-22)25-19-11-7-6-10-18(19)23(2,3)4/h5-14,16H,15H2,1-4H3,(H,24,25,26). The second-order valence-corrected chi connectivity index (χ2v) is 8.21. The SMILES string of the molecule is CC1Cc2ccccc2N1c1nccc(Nc2ccccc2C(C)(C)C)n1. The van der Waals surface area contributed by atoms with Gasteiger partial charge in [0.15, 0.2) is 0 Å². The molecule has 0 spiro atoms. The molecule has 27 heavy (non-hydrogen) atoms. The van der Waals surface area contributed by atoms with Crippen molar-refractivity contribution in [3.05, 3.63) is 71.9 Å². The fourth-order valence-corrected chi connectivity index (χ4v) is 3.79. The molecule has 3 aromatic rings. The summed E-state index contributed by atoms with van der Waals surface area (Å²) in [7, 11) is 0. The molecule has 1 aromatic heterocycles. The molecule has 1 N–H and O–H groups in total. The zero-order chi connectivity index (χ0) is 19.0. The first kappa shape index (κ1) is 17.5. The van der Waals surface area contributed by atoms with Crippen LogP contribution in [0.1, 0.15) is 38.8 Å². The molecule has 4 rings (SSSR count). The number of aromatic nitrogens is 2. The zero-order valence-corrected chi connectivity index (χ0v) is 16.4. The summed E-state index contributed by atoms with van der Waals surface area (Å²) < 4.78 is 0. The third-order valence-corrected chi connectivity index (χ3v) is 5.06. The van der Waals surface area contributed by atoms with Gasteiger partial charge in [-0.3, -0.25) is 0 Å². The summed E-state index contributed by atoms with van der Waals surface area (Å²) in [6.45, 7) is 8.89. The zero-order valence-electron chi connectivity index (χ0n) is 16.4. The van der Waals surface area contributed by atoms with E-state index >= 15 is 0 Å². The summed E-state index contributed by atoms with van der Waals surface area (Å²) in [6, 6.07) is 19.2. The van der Waals surface area contributed by atoms with Crippen LogP contribution < -0.4 is 10.2 Å². The highest BCUT2D eigenvalue weighted by Crippen LogP contribution is 2.37. The third-order valence-electron chi connectivity index (χ3n) is 5.06. The van der Waals surface area contributed by atoms with Gasteiger partial charge >= 0.3 is 0 Å². The molecule has 1 aliphatic heterocycles. The molecule has 0 fully saturated rings. The summed E-state index contributed by atoms with van der Waals surface area (Å²) in [4.78, 5) is 11.6. The van der Waals surface area contributed by atoms with Crippen molar-refractivity contribution in [1.29, 1.82) is 0 Å². The molecule has 4 nitrogen and oxygen atoms in total. The Bertz CT molecular complexity index is 958. The molecule has 1 atom stereocenters. The van der Waals surface area contributed by atoms with Gasteiger partial charge in [-0.1, -0.05) is 57.2 Å². The molecule has 2 aromatic carbocycles. The van der Waals surface area contributed by atoms with E-state index in [1.165, 1.54) is 16.8 Å². The van der Waals surface area contributed by atoms with Gasteiger partial charge in [-0.2, -0.15) is 4.98 Å². The average Bonchev–Trinajstić information content (AvgIpc) is 2.97. The first-order valence-electron chi connectivity index (χ1n) is 9.50. The van der Waals surface area contributed by atoms with Gasteiger partial charge in [-0.25, -0.2) is 4.98 Å². The Hall–Kier alpha value is -2.88. The molecule has 1 unspecified atom stereocenters. The smallest absolute Gasteiger partial charge is 0.232 e. The van der Waals surface area contributed by atoms with Crippen LogP contribution in [-0.2, 0) is 11.8 Å². The lowest BCUT2D eigenvalue weighted by Gasteiger charge is -2.24. The van der Waals surface area contributed by atoms with Crippen molar-refractivity contribution >= 4 is 23.1 Å². The predicted octanol–water partition coefficient (Wildman–Crippen LogP) is 5.60. The Morgan fingerprint density at radius 1 is 1.00 bits per heavy atom. The minimum Gasteiger partial charge on any atom is -0.340 e. The van der Waals surface area contributed by atoms with Crippen molar-refractivity contribution in [1.82, 2.24) is 9.97 Å². The molecular formula is C23H26N4. The van der Waals surface area contributed by atoms with Crippen LogP contribution in [-0.4, -0.2) is 16.0 Å². The third kappa shape index (κ3) is 3.39. The maximum Gasteiger partial charge on any atom is 0.232 e. The van der Waals surface area contributed by atoms with Crippen LogP contribution in [0.4, 0.5) is 23.1 Å². The Labute approximate surface area is 161 Å². The minimum absolute atomic E-state index is 0.0574. The van der Waals surface area contributed by atoms with Crippen LogP contribution in [0.5, 0.6) is 0 Å². The summed E-state index contributed by atoms with van der Waals surface area (Å²) in [5.41, 5.74) is 4.97. The molecular weight excluding hydrogens is 332 g/mol. The van der Waals surface area contributed by atoms with Crippen LogP contribution in [0.15, 0.2) is 60.8 Å². The monoisotopic (exact) mass is 358 g/mol. The van der Waals surface area contributed by atoms with Gasteiger partial charge in [0.25, 0.3) is 0 Å². The van der Waals surface area contributed by atoms with Crippen molar-refractivity contribution in [3.63, 3.8) is 0 Å². The number of para-hydroxylation sites is 2. The van der Waals surface area contributed by atoms with Gasteiger partial charge in [0.1, 0.15) is 5.82 Å². The molecule has 138 valence electrons. The fraction of sp³-hybridized carbons (Fsp3) is 0.304. The molecule has 4 heteroatoms. The van der Waals surface area contributed by atoms with E-state index in [4.69, 9.17) is 4.98 Å². The van der Waals surface area contributed by atoms with E-state index in [1.807, 2.05) is 12.3 Å². The highest BCUT2D eigenvalue weighted by atomic mass is 15.3. The van der Waals surface area contributed by atoms with Gasteiger partial charge in [-0.15, -0.1) is 0 Å². The number of rotatable bonds is 3. The van der Waals surface area contributed by atoms with Gasteiger partial charge in [0.2, 0.25) is 5.95 Å². The van der Waals surface area contributed by atoms with E-state index in [2.05, 4.69) is 91.4 Å². The van der Waals surface area contributed by atoms with E-state index in [-0.39, 0.29) is 5.41 Å². The molecule has 2 heterocycles. The summed E-state index contributed by atoms with van der Waals surface area (Å²) in [5.74, 6) is 1.55. The van der Waals surface area contributed by atoms with E-state index in [1.54, 1.807) is 0 Å². The molecule has 0 bridgehead atoms. The Balaban J connectivity index is 1.67. The van der Waals surface area contributed by atoms with Crippen LogP contribution in [0, 0.1) is 0 Å². The number of fused-ring (bicyclic) bond motifs is 1. The molecule has 0 radical (unpaired) electrons. The molecule has 0 aliphatic carbocycles. The van der Waals surface area contributed by atoms with Crippen LogP contribution in [0.25, 0.3) is 0 Å². The first-order chi connectivity index (χ1) is 12.9. The number of nitrogens with one attached hydrogen (secondary N) is 1. The molecule has 1 aliphatic rings. The van der Waals surface area contributed by atoms with Gasteiger partial charge in [-0.05, 0) is 48.1 Å². The van der Waals surface area contributed by atoms with E-state index < -0.39 is 0 Å². The number of hydrogen-bond donors (Lipinski definition) is 1. The number of benzene rings is 2. The Morgan fingerprint density at radius 2 is 1.74 bits per heavy atom. The highest BCUT2D eigenvalue weighted by molar-refractivity contribution is 5.69. The van der Waals surface area contributed by atoms with E-state index in [9.17, 15) is 0 Å². The lowest BCUT2D eigenvalue weighted by Crippen LogP contribution is -2.26. The predicted molar refractivity (Wildman–Crippen MR) is 112 cm³/mol. The molecule has 0 amide bonds. The number of hydrogen-bond acceptors (Lipinski definition) is 4. The first-order valence-corrected chi connectivity index (χ1v) is 9.50. The van der Waals surface area contributed by atoms with Gasteiger partial charge in [0.05, 0.1) is 0 Å². The van der Waals surface area contributed by atoms with Crippen LogP contribution in [0.3, 0.4) is 0 Å². The lowest BCUT2D eigenvalue weighted by atomic mass is 9.86. The largest absolute Gasteiger partial charge is 0.340 e. The van der Waals surface area contributed by atoms with Crippen molar-refractivity contribution in [2.45, 2.75) is 45.6 Å². The van der Waals surface area contributed by atoms with Crippen LogP contribution >= 0.6 is 0 Å². The Morgan fingerprint density at radius 3 is 2.56 bits per heavy atom. The van der Waals surface area contributed by atoms with E-state index in [0.717, 1.165) is 23.9 Å². The summed E-state index contributed by atoms with van der Waals surface area (Å²) in [5, 5.41) is 3.50. The van der Waals surface area contributed by atoms with Crippen molar-refractivity contribution in [2.24, 2.45) is 0 Å². The summed E-state index contributed by atoms with van der Waals surface area (Å²) >= 11 is 0. The minimum atomic E-state index is 0.0574. The second kappa shape index (κ2) is 6.69. The quantitative estimate of drug-likeness (QED) is 0.661. The van der Waals surface area contributed by atoms with Crippen LogP contribution in [0.2, 0.25) is 0 Å². The van der Waals surface area contributed by atoms with E-state index in [0.29, 0.717) is 6.04 Å². The fourth-order valence-electron chi connectivity index (χ4n) is 3.79. The lowest BCUT2D eigenvalue weighted by molar-refractivity contribution is 0.592. The normalized spacial score (nSPS) is 16.3. The number of nitrogens with zero attached hydrogens (tertiary/aromatic N) is 3.